The van der Waals surface area contributed by atoms with E-state index >= 15 is 0 Å². The van der Waals surface area contributed by atoms with Crippen LogP contribution in [0.5, 0.6) is 0 Å². The number of carbonyl (C=O) groups is 1. The van der Waals surface area contributed by atoms with Crippen molar-refractivity contribution >= 4 is 16.9 Å². The van der Waals surface area contributed by atoms with Gasteiger partial charge in [0.05, 0.1) is 18.4 Å². The number of hydrogen-bond acceptors (Lipinski definition) is 3. The van der Waals surface area contributed by atoms with E-state index < -0.39 is 0 Å². The Hall–Kier alpha value is -3.47. The van der Waals surface area contributed by atoms with Gasteiger partial charge in [0, 0.05) is 42.3 Å². The van der Waals surface area contributed by atoms with Crippen molar-refractivity contribution in [3.05, 3.63) is 89.1 Å². The molecule has 0 unspecified atom stereocenters. The highest BCUT2D eigenvalue weighted by Gasteiger charge is 2.26. The lowest BCUT2D eigenvalue weighted by molar-refractivity contribution is 0.0599. The average Bonchev–Trinajstić information content (AvgIpc) is 3.58. The molecule has 4 nitrogen and oxygen atoms in total. The first-order chi connectivity index (χ1) is 15.0. The molecule has 2 aromatic carbocycles. The molecule has 5 rings (SSSR count). The molecule has 0 saturated heterocycles. The molecule has 0 aliphatic heterocycles. The molecular weight excluding hydrogens is 391 g/mol. The summed E-state index contributed by atoms with van der Waals surface area (Å²) < 4.78 is 20.5. The lowest BCUT2D eigenvalue weighted by Gasteiger charge is -2.10. The molecule has 2 heterocycles. The van der Waals surface area contributed by atoms with E-state index in [0.717, 1.165) is 51.7 Å². The highest BCUT2D eigenvalue weighted by atomic mass is 19.1. The van der Waals surface area contributed by atoms with E-state index in [2.05, 4.69) is 33.9 Å². The number of rotatable bonds is 5. The van der Waals surface area contributed by atoms with Gasteiger partial charge in [-0.15, -0.1) is 0 Å². The van der Waals surface area contributed by atoms with E-state index in [1.807, 2.05) is 19.3 Å². The number of aromatic nitrogens is 2. The largest absolute Gasteiger partial charge is 0.465 e. The topological polar surface area (TPSA) is 44.1 Å². The van der Waals surface area contributed by atoms with Crippen LogP contribution in [0.3, 0.4) is 0 Å². The Morgan fingerprint density at radius 2 is 1.94 bits per heavy atom. The number of fused-ring (bicyclic) bond motifs is 1. The van der Waals surface area contributed by atoms with E-state index in [9.17, 15) is 9.18 Å². The fraction of sp³-hybridized carbons (Fsp3) is 0.231. The predicted molar refractivity (Wildman–Crippen MR) is 119 cm³/mol. The zero-order chi connectivity index (χ0) is 21.5. The van der Waals surface area contributed by atoms with Crippen LogP contribution in [-0.4, -0.2) is 22.6 Å². The second-order valence-electron chi connectivity index (χ2n) is 8.22. The van der Waals surface area contributed by atoms with Gasteiger partial charge in [-0.05, 0) is 65.8 Å². The summed E-state index contributed by atoms with van der Waals surface area (Å²) in [5, 5.41) is 1.08. The summed E-state index contributed by atoms with van der Waals surface area (Å²) in [7, 11) is 3.41. The van der Waals surface area contributed by atoms with E-state index in [1.165, 1.54) is 19.2 Å². The number of benzene rings is 2. The van der Waals surface area contributed by atoms with Crippen LogP contribution in [0.25, 0.3) is 22.0 Å². The zero-order valence-corrected chi connectivity index (χ0v) is 17.6. The smallest absolute Gasteiger partial charge is 0.339 e. The van der Waals surface area contributed by atoms with Crippen LogP contribution in [0, 0.1) is 5.82 Å². The van der Waals surface area contributed by atoms with Gasteiger partial charge in [-0.3, -0.25) is 4.98 Å². The van der Waals surface area contributed by atoms with Gasteiger partial charge in [0.2, 0.25) is 0 Å². The molecule has 0 bridgehead atoms. The fourth-order valence-electron chi connectivity index (χ4n) is 4.18. The minimum Gasteiger partial charge on any atom is -0.465 e. The second kappa shape index (κ2) is 7.65. The second-order valence-corrected chi connectivity index (χ2v) is 8.22. The molecule has 156 valence electrons. The molecule has 5 heteroatoms. The number of halogens is 1. The Labute approximate surface area is 180 Å². The Morgan fingerprint density at radius 1 is 1.16 bits per heavy atom. The predicted octanol–water partition coefficient (Wildman–Crippen LogP) is 5.63. The van der Waals surface area contributed by atoms with Crippen molar-refractivity contribution in [2.75, 3.05) is 7.11 Å². The molecule has 1 fully saturated rings. The van der Waals surface area contributed by atoms with Crippen LogP contribution >= 0.6 is 0 Å². The molecule has 1 aliphatic rings. The first kappa shape index (κ1) is 19.5. The lowest BCUT2D eigenvalue weighted by Crippen LogP contribution is -2.09. The van der Waals surface area contributed by atoms with Gasteiger partial charge in [0.1, 0.15) is 5.82 Å². The van der Waals surface area contributed by atoms with Gasteiger partial charge in [-0.25, -0.2) is 9.18 Å². The van der Waals surface area contributed by atoms with Crippen molar-refractivity contribution in [2.24, 2.45) is 7.05 Å². The number of pyridine rings is 1. The SMILES string of the molecule is COC(=O)c1cc(C2CC2)cnc1Cc1ccc2c(c1)c(-c1ccc(F)cc1)cn2C. The summed E-state index contributed by atoms with van der Waals surface area (Å²) in [6.45, 7) is 0. The Bertz CT molecular complexity index is 1290. The number of aryl methyl sites for hydroxylation is 1. The number of carbonyl (C=O) groups excluding carboxylic acids is 1. The van der Waals surface area contributed by atoms with Crippen LogP contribution < -0.4 is 0 Å². The van der Waals surface area contributed by atoms with Gasteiger partial charge in [-0.2, -0.15) is 0 Å². The van der Waals surface area contributed by atoms with Crippen molar-refractivity contribution in [2.45, 2.75) is 25.2 Å². The molecule has 1 aliphatic carbocycles. The molecule has 1 saturated carbocycles. The number of nitrogens with zero attached hydrogens (tertiary/aromatic N) is 2. The Balaban J connectivity index is 1.55. The van der Waals surface area contributed by atoms with Crippen LogP contribution in [-0.2, 0) is 18.2 Å². The highest BCUT2D eigenvalue weighted by Crippen LogP contribution is 2.40. The van der Waals surface area contributed by atoms with Crippen molar-refractivity contribution in [1.82, 2.24) is 9.55 Å². The molecule has 0 N–H and O–H groups in total. The molecule has 2 aromatic heterocycles. The maximum absolute atomic E-state index is 13.4. The maximum atomic E-state index is 13.4. The highest BCUT2D eigenvalue weighted by molar-refractivity contribution is 5.96. The Kier molecular flexibility index (Phi) is 4.81. The van der Waals surface area contributed by atoms with Crippen LogP contribution in [0.1, 0.15) is 45.9 Å². The summed E-state index contributed by atoms with van der Waals surface area (Å²) in [5.41, 5.74) is 6.53. The molecule has 0 spiro atoms. The summed E-state index contributed by atoms with van der Waals surface area (Å²) in [5.74, 6) is -0.0811. The van der Waals surface area contributed by atoms with E-state index in [-0.39, 0.29) is 11.8 Å². The first-order valence-corrected chi connectivity index (χ1v) is 10.4. The zero-order valence-electron chi connectivity index (χ0n) is 17.6. The third-order valence-corrected chi connectivity index (χ3v) is 6.03. The van der Waals surface area contributed by atoms with Gasteiger partial charge >= 0.3 is 5.97 Å². The molecule has 31 heavy (non-hydrogen) atoms. The van der Waals surface area contributed by atoms with Crippen LogP contribution in [0.4, 0.5) is 4.39 Å². The maximum Gasteiger partial charge on any atom is 0.339 e. The standard InChI is InChI=1S/C26H23FN2O2/c1-29-15-23(18-6-8-20(27)9-7-18)21-11-16(3-10-25(21)29)12-24-22(26(30)31-2)13-19(14-28-24)17-4-5-17/h3,6-11,13-15,17H,4-5,12H2,1-2H3. The Morgan fingerprint density at radius 3 is 2.65 bits per heavy atom. The van der Waals surface area contributed by atoms with Crippen LogP contribution in [0.2, 0.25) is 0 Å². The molecule has 0 atom stereocenters. The van der Waals surface area contributed by atoms with Crippen molar-refractivity contribution < 1.29 is 13.9 Å². The first-order valence-electron chi connectivity index (χ1n) is 10.4. The van der Waals surface area contributed by atoms with Crippen molar-refractivity contribution in [1.29, 1.82) is 0 Å². The monoisotopic (exact) mass is 414 g/mol. The lowest BCUT2D eigenvalue weighted by atomic mass is 9.99. The van der Waals surface area contributed by atoms with E-state index in [1.54, 1.807) is 12.1 Å². The summed E-state index contributed by atoms with van der Waals surface area (Å²) in [6.07, 6.45) is 6.79. The third-order valence-electron chi connectivity index (χ3n) is 6.03. The van der Waals surface area contributed by atoms with Gasteiger partial charge in [0.25, 0.3) is 0 Å². The van der Waals surface area contributed by atoms with Crippen molar-refractivity contribution in [3.63, 3.8) is 0 Å². The minimum atomic E-state index is -0.349. The van der Waals surface area contributed by atoms with Gasteiger partial charge < -0.3 is 9.30 Å². The summed E-state index contributed by atoms with van der Waals surface area (Å²) in [4.78, 5) is 17.0. The van der Waals surface area contributed by atoms with E-state index in [4.69, 9.17) is 4.74 Å². The van der Waals surface area contributed by atoms with Crippen molar-refractivity contribution in [3.8, 4) is 11.1 Å². The third kappa shape index (κ3) is 3.72. The number of hydrogen-bond donors (Lipinski definition) is 0. The quantitative estimate of drug-likeness (QED) is 0.397. The molecule has 4 aromatic rings. The normalized spacial score (nSPS) is 13.5. The molecular formula is C26H23FN2O2. The fourth-order valence-corrected chi connectivity index (χ4v) is 4.18. The molecule has 0 amide bonds. The van der Waals surface area contributed by atoms with Gasteiger partial charge in [0.15, 0.2) is 0 Å². The van der Waals surface area contributed by atoms with Gasteiger partial charge in [-0.1, -0.05) is 18.2 Å². The summed E-state index contributed by atoms with van der Waals surface area (Å²) in [6, 6.07) is 14.8. The summed E-state index contributed by atoms with van der Waals surface area (Å²) >= 11 is 0. The molecule has 0 radical (unpaired) electrons. The number of esters is 1. The minimum absolute atomic E-state index is 0.249. The van der Waals surface area contributed by atoms with Crippen LogP contribution in [0.15, 0.2) is 60.9 Å². The number of ether oxygens (including phenoxy) is 1. The van der Waals surface area contributed by atoms with E-state index in [0.29, 0.717) is 17.9 Å². The average molecular weight is 414 g/mol. The number of methoxy groups -OCH3 is 1.